The third-order valence-corrected chi connectivity index (χ3v) is 6.67. The molecular formula is C26H29ClN4O4. The number of esters is 1. The Morgan fingerprint density at radius 2 is 1.69 bits per heavy atom. The van der Waals surface area contributed by atoms with Gasteiger partial charge < -0.3 is 15.0 Å². The Morgan fingerprint density at radius 3 is 2.34 bits per heavy atom. The van der Waals surface area contributed by atoms with E-state index in [0.29, 0.717) is 54.6 Å². The number of rotatable bonds is 6. The fourth-order valence-electron chi connectivity index (χ4n) is 4.42. The average Bonchev–Trinajstić information content (AvgIpc) is 2.87. The van der Waals surface area contributed by atoms with Crippen molar-refractivity contribution < 1.29 is 19.1 Å². The molecule has 0 spiro atoms. The second kappa shape index (κ2) is 10.9. The fourth-order valence-corrected chi connectivity index (χ4v) is 4.64. The van der Waals surface area contributed by atoms with E-state index in [0.717, 1.165) is 5.56 Å². The van der Waals surface area contributed by atoms with E-state index < -0.39 is 12.0 Å². The van der Waals surface area contributed by atoms with E-state index in [1.807, 2.05) is 30.3 Å². The third-order valence-electron chi connectivity index (χ3n) is 6.34. The Balaban J connectivity index is 1.55. The number of urea groups is 1. The van der Waals surface area contributed by atoms with E-state index >= 15 is 0 Å². The van der Waals surface area contributed by atoms with Crippen molar-refractivity contribution in [2.75, 3.05) is 46.4 Å². The Bertz CT molecular complexity index is 1130. The van der Waals surface area contributed by atoms with E-state index in [4.69, 9.17) is 16.3 Å². The summed E-state index contributed by atoms with van der Waals surface area (Å²) in [4.78, 5) is 44.2. The highest BCUT2D eigenvalue weighted by Gasteiger charge is 2.37. The summed E-state index contributed by atoms with van der Waals surface area (Å²) in [5.74, 6) is -0.546. The molecule has 184 valence electrons. The second-order valence-electron chi connectivity index (χ2n) is 8.48. The Kier molecular flexibility index (Phi) is 7.73. The molecule has 3 amide bonds. The number of halogens is 1. The summed E-state index contributed by atoms with van der Waals surface area (Å²) in [6, 6.07) is 15.5. The van der Waals surface area contributed by atoms with Gasteiger partial charge in [0.25, 0.3) is 5.91 Å². The first-order valence-electron chi connectivity index (χ1n) is 11.7. The summed E-state index contributed by atoms with van der Waals surface area (Å²) in [5, 5.41) is 3.36. The van der Waals surface area contributed by atoms with Gasteiger partial charge in [-0.25, -0.2) is 9.59 Å². The van der Waals surface area contributed by atoms with Crippen LogP contribution < -0.4 is 5.32 Å². The van der Waals surface area contributed by atoms with Crippen LogP contribution in [0, 0.1) is 0 Å². The molecule has 4 rings (SSSR count). The van der Waals surface area contributed by atoms with E-state index in [-0.39, 0.29) is 18.5 Å². The molecule has 2 aliphatic heterocycles. The molecule has 0 saturated carbocycles. The molecule has 2 aromatic rings. The molecule has 8 nitrogen and oxygen atoms in total. The monoisotopic (exact) mass is 496 g/mol. The predicted molar refractivity (Wildman–Crippen MR) is 133 cm³/mol. The van der Waals surface area contributed by atoms with E-state index in [2.05, 4.69) is 10.2 Å². The van der Waals surface area contributed by atoms with Gasteiger partial charge in [0.15, 0.2) is 0 Å². The lowest BCUT2D eigenvalue weighted by Gasteiger charge is -2.39. The number of nitrogens with one attached hydrogen (secondary N) is 1. The maximum atomic E-state index is 13.1. The van der Waals surface area contributed by atoms with Crippen LogP contribution in [0.3, 0.4) is 0 Å². The third kappa shape index (κ3) is 5.33. The van der Waals surface area contributed by atoms with Gasteiger partial charge in [-0.3, -0.25) is 14.6 Å². The molecule has 1 unspecified atom stereocenters. The normalized spacial score (nSPS) is 18.9. The van der Waals surface area contributed by atoms with Gasteiger partial charge in [-0.1, -0.05) is 54.1 Å². The van der Waals surface area contributed by atoms with Gasteiger partial charge in [0.2, 0.25) is 0 Å². The second-order valence-corrected chi connectivity index (χ2v) is 8.89. The van der Waals surface area contributed by atoms with Crippen LogP contribution in [0.4, 0.5) is 4.79 Å². The number of likely N-dealkylation sites (N-methyl/N-ethyl adjacent to an activating group) is 1. The molecule has 1 saturated heterocycles. The smallest absolute Gasteiger partial charge is 0.338 e. The first-order chi connectivity index (χ1) is 16.9. The number of piperazine rings is 1. The summed E-state index contributed by atoms with van der Waals surface area (Å²) >= 11 is 6.21. The minimum atomic E-state index is -0.600. The summed E-state index contributed by atoms with van der Waals surface area (Å²) < 4.78 is 5.39. The van der Waals surface area contributed by atoms with Crippen molar-refractivity contribution in [1.29, 1.82) is 0 Å². The number of benzene rings is 2. The number of hydrogen-bond donors (Lipinski definition) is 1. The molecule has 2 aromatic carbocycles. The van der Waals surface area contributed by atoms with Gasteiger partial charge in [0.05, 0.1) is 28.8 Å². The lowest BCUT2D eigenvalue weighted by Crippen LogP contribution is -2.53. The standard InChI is InChI=1S/C26H29ClN4O4/c1-3-35-25(33)22-21(29(2)26(34)28-23(22)18-9-5-4-6-10-18)17-30-13-15-31(16-14-30)24(32)19-11-7-8-12-20(19)27/h4-12,23H,3,13-17H2,1-2H3,(H,28,34). The average molecular weight is 497 g/mol. The number of hydrogen-bond acceptors (Lipinski definition) is 5. The Morgan fingerprint density at radius 1 is 1.03 bits per heavy atom. The van der Waals surface area contributed by atoms with Crippen LogP contribution in [0.1, 0.15) is 28.9 Å². The first kappa shape index (κ1) is 24.8. The molecule has 2 heterocycles. The SMILES string of the molecule is CCOC(=O)C1=C(CN2CCN(C(=O)c3ccccc3Cl)CC2)N(C)C(=O)NC1c1ccccc1. The quantitative estimate of drug-likeness (QED) is 0.620. The van der Waals surface area contributed by atoms with Crippen molar-refractivity contribution in [3.05, 3.63) is 82.0 Å². The van der Waals surface area contributed by atoms with Crippen molar-refractivity contribution in [3.8, 4) is 0 Å². The van der Waals surface area contributed by atoms with Crippen LogP contribution in [0.2, 0.25) is 5.02 Å². The number of nitrogens with zero attached hydrogens (tertiary/aromatic N) is 3. The molecule has 35 heavy (non-hydrogen) atoms. The molecule has 1 N–H and O–H groups in total. The maximum Gasteiger partial charge on any atom is 0.338 e. The summed E-state index contributed by atoms with van der Waals surface area (Å²) in [6.07, 6.45) is 0. The maximum absolute atomic E-state index is 13.1. The zero-order chi connectivity index (χ0) is 24.9. The number of carbonyl (C=O) groups is 3. The molecule has 0 bridgehead atoms. The van der Waals surface area contributed by atoms with Crippen LogP contribution in [-0.4, -0.2) is 79.0 Å². The van der Waals surface area contributed by atoms with Crippen LogP contribution in [-0.2, 0) is 9.53 Å². The van der Waals surface area contributed by atoms with Crippen molar-refractivity contribution in [2.24, 2.45) is 0 Å². The fraction of sp³-hybridized carbons (Fsp3) is 0.346. The van der Waals surface area contributed by atoms with Gasteiger partial charge in [0, 0.05) is 45.5 Å². The largest absolute Gasteiger partial charge is 0.463 e. The topological polar surface area (TPSA) is 82.2 Å². The minimum Gasteiger partial charge on any atom is -0.463 e. The molecule has 0 aromatic heterocycles. The van der Waals surface area contributed by atoms with Gasteiger partial charge >= 0.3 is 12.0 Å². The number of amides is 3. The highest BCUT2D eigenvalue weighted by atomic mass is 35.5. The molecule has 9 heteroatoms. The Hall–Kier alpha value is -3.36. The lowest BCUT2D eigenvalue weighted by molar-refractivity contribution is -0.139. The minimum absolute atomic E-state index is 0.0972. The number of carbonyl (C=O) groups excluding carboxylic acids is 3. The van der Waals surface area contributed by atoms with E-state index in [1.54, 1.807) is 43.1 Å². The zero-order valence-electron chi connectivity index (χ0n) is 19.9. The molecule has 2 aliphatic rings. The van der Waals surface area contributed by atoms with E-state index in [9.17, 15) is 14.4 Å². The van der Waals surface area contributed by atoms with Crippen LogP contribution >= 0.6 is 11.6 Å². The van der Waals surface area contributed by atoms with Crippen LogP contribution in [0.5, 0.6) is 0 Å². The van der Waals surface area contributed by atoms with Crippen molar-refractivity contribution in [3.63, 3.8) is 0 Å². The van der Waals surface area contributed by atoms with Gasteiger partial charge in [-0.05, 0) is 24.6 Å². The molecule has 1 fully saturated rings. The predicted octanol–water partition coefficient (Wildman–Crippen LogP) is 3.31. The van der Waals surface area contributed by atoms with Crippen LogP contribution in [0.15, 0.2) is 65.9 Å². The summed E-state index contributed by atoms with van der Waals surface area (Å²) in [6.45, 7) is 4.61. The van der Waals surface area contributed by atoms with Crippen molar-refractivity contribution >= 4 is 29.5 Å². The van der Waals surface area contributed by atoms with Crippen molar-refractivity contribution in [2.45, 2.75) is 13.0 Å². The highest BCUT2D eigenvalue weighted by Crippen LogP contribution is 2.31. The Labute approximate surface area is 210 Å². The summed E-state index contributed by atoms with van der Waals surface area (Å²) in [7, 11) is 1.66. The zero-order valence-corrected chi connectivity index (χ0v) is 20.6. The van der Waals surface area contributed by atoms with E-state index in [1.165, 1.54) is 4.90 Å². The molecule has 1 atom stereocenters. The lowest BCUT2D eigenvalue weighted by atomic mass is 9.94. The van der Waals surface area contributed by atoms with Gasteiger partial charge in [-0.2, -0.15) is 0 Å². The molecular weight excluding hydrogens is 468 g/mol. The molecule has 0 aliphatic carbocycles. The molecule has 0 radical (unpaired) electrons. The van der Waals surface area contributed by atoms with Crippen LogP contribution in [0.25, 0.3) is 0 Å². The van der Waals surface area contributed by atoms with Crippen molar-refractivity contribution in [1.82, 2.24) is 20.0 Å². The first-order valence-corrected chi connectivity index (χ1v) is 12.0. The van der Waals surface area contributed by atoms with Gasteiger partial charge in [-0.15, -0.1) is 0 Å². The number of ether oxygens (including phenoxy) is 1. The van der Waals surface area contributed by atoms with Gasteiger partial charge in [0.1, 0.15) is 0 Å². The highest BCUT2D eigenvalue weighted by molar-refractivity contribution is 6.33. The summed E-state index contributed by atoms with van der Waals surface area (Å²) in [5.41, 5.74) is 2.33.